The van der Waals surface area contributed by atoms with Gasteiger partial charge < -0.3 is 14.8 Å². The highest BCUT2D eigenvalue weighted by atomic mass is 16.2. The van der Waals surface area contributed by atoms with Crippen LogP contribution in [0.3, 0.4) is 0 Å². The fourth-order valence-corrected chi connectivity index (χ4v) is 4.26. The van der Waals surface area contributed by atoms with E-state index >= 15 is 0 Å². The van der Waals surface area contributed by atoms with Crippen LogP contribution in [0.15, 0.2) is 36.5 Å². The number of nitrogens with one attached hydrogen (secondary N) is 1. The van der Waals surface area contributed by atoms with Crippen LogP contribution in [0.25, 0.3) is 10.9 Å². The van der Waals surface area contributed by atoms with E-state index in [-0.39, 0.29) is 17.7 Å². The number of benzene rings is 1. The predicted molar refractivity (Wildman–Crippen MR) is 97.0 cm³/mol. The van der Waals surface area contributed by atoms with Crippen LogP contribution in [-0.4, -0.2) is 40.4 Å². The zero-order chi connectivity index (χ0) is 17.2. The summed E-state index contributed by atoms with van der Waals surface area (Å²) in [5.74, 6) is -0.0109. The first-order valence-corrected chi connectivity index (χ1v) is 9.33. The summed E-state index contributed by atoms with van der Waals surface area (Å²) in [5.41, 5.74) is 1.18. The minimum Gasteiger partial charge on any atom is -0.354 e. The molecule has 0 unspecified atom stereocenters. The summed E-state index contributed by atoms with van der Waals surface area (Å²) in [4.78, 5) is 26.6. The Bertz CT molecular complexity index is 776. The van der Waals surface area contributed by atoms with Crippen molar-refractivity contribution in [1.29, 1.82) is 0 Å². The average molecular weight is 339 g/mol. The third-order valence-electron chi connectivity index (χ3n) is 5.63. The molecule has 2 fully saturated rings. The molecular formula is C20H25N3O2. The van der Waals surface area contributed by atoms with Gasteiger partial charge in [0.25, 0.3) is 0 Å². The van der Waals surface area contributed by atoms with Crippen molar-refractivity contribution in [2.45, 2.75) is 44.7 Å². The number of amides is 2. The number of nitrogens with zero attached hydrogens (tertiary/aromatic N) is 2. The first-order chi connectivity index (χ1) is 12.2. The Morgan fingerprint density at radius 3 is 2.80 bits per heavy atom. The van der Waals surface area contributed by atoms with Crippen molar-refractivity contribution < 1.29 is 9.59 Å². The summed E-state index contributed by atoms with van der Waals surface area (Å²) in [6, 6.07) is 10.7. The largest absolute Gasteiger partial charge is 0.354 e. The molecule has 2 aliphatic rings. The van der Waals surface area contributed by atoms with Crippen molar-refractivity contribution in [2.24, 2.45) is 5.92 Å². The van der Waals surface area contributed by atoms with Crippen LogP contribution in [0.5, 0.6) is 0 Å². The standard InChI is InChI=1S/C20H25N3O2/c24-19-13-16(14-23(19)17-6-2-3-7-17)20(25)21-10-12-22-11-9-15-5-1-4-8-18(15)22/h1,4-5,8-9,11,16-17H,2-3,6-7,10,12-14H2,(H,21,25)/t16-/m1/s1. The summed E-state index contributed by atoms with van der Waals surface area (Å²) < 4.78 is 2.15. The smallest absolute Gasteiger partial charge is 0.225 e. The Kier molecular flexibility index (Phi) is 4.47. The maximum absolute atomic E-state index is 12.4. The third-order valence-corrected chi connectivity index (χ3v) is 5.63. The number of hydrogen-bond donors (Lipinski definition) is 1. The normalized spacial score (nSPS) is 21.4. The molecule has 2 heterocycles. The lowest BCUT2D eigenvalue weighted by molar-refractivity contribution is -0.130. The molecular weight excluding hydrogens is 314 g/mol. The highest BCUT2D eigenvalue weighted by molar-refractivity contribution is 5.89. The van der Waals surface area contributed by atoms with Crippen molar-refractivity contribution in [3.8, 4) is 0 Å². The van der Waals surface area contributed by atoms with Gasteiger partial charge in [0.15, 0.2) is 0 Å². The summed E-state index contributed by atoms with van der Waals surface area (Å²) in [6.45, 7) is 1.93. The minimum absolute atomic E-state index is 0.0188. The first kappa shape index (κ1) is 16.2. The van der Waals surface area contributed by atoms with E-state index in [0.29, 0.717) is 25.6 Å². The van der Waals surface area contributed by atoms with Gasteiger partial charge in [-0.25, -0.2) is 0 Å². The molecule has 25 heavy (non-hydrogen) atoms. The van der Waals surface area contributed by atoms with Gasteiger partial charge >= 0.3 is 0 Å². The van der Waals surface area contributed by atoms with Crippen molar-refractivity contribution in [1.82, 2.24) is 14.8 Å². The molecule has 1 aromatic heterocycles. The molecule has 4 rings (SSSR count). The molecule has 132 valence electrons. The molecule has 1 saturated carbocycles. The van der Waals surface area contributed by atoms with Gasteiger partial charge in [-0.3, -0.25) is 9.59 Å². The molecule has 2 aromatic rings. The van der Waals surface area contributed by atoms with E-state index in [1.54, 1.807) is 0 Å². The fourth-order valence-electron chi connectivity index (χ4n) is 4.26. The van der Waals surface area contributed by atoms with Gasteiger partial charge in [0.2, 0.25) is 11.8 Å². The monoisotopic (exact) mass is 339 g/mol. The average Bonchev–Trinajstić information content (AvgIpc) is 3.34. The number of likely N-dealkylation sites (tertiary alicyclic amines) is 1. The van der Waals surface area contributed by atoms with Gasteiger partial charge in [-0.2, -0.15) is 0 Å². The molecule has 0 bridgehead atoms. The highest BCUT2D eigenvalue weighted by Crippen LogP contribution is 2.29. The van der Waals surface area contributed by atoms with Gasteiger partial charge in [-0.05, 0) is 30.4 Å². The molecule has 1 saturated heterocycles. The third kappa shape index (κ3) is 3.28. The predicted octanol–water partition coefficient (Wildman–Crippen LogP) is 2.55. The van der Waals surface area contributed by atoms with Gasteiger partial charge in [-0.1, -0.05) is 31.0 Å². The molecule has 5 heteroatoms. The van der Waals surface area contributed by atoms with E-state index < -0.39 is 0 Å². The molecule has 1 aromatic carbocycles. The summed E-state index contributed by atoms with van der Waals surface area (Å²) >= 11 is 0. The number of carbonyl (C=O) groups is 2. The maximum atomic E-state index is 12.4. The number of hydrogen-bond acceptors (Lipinski definition) is 2. The van der Waals surface area contributed by atoms with E-state index in [4.69, 9.17) is 0 Å². The Labute approximate surface area is 148 Å². The molecule has 1 aliphatic heterocycles. The Balaban J connectivity index is 1.30. The Hall–Kier alpha value is -2.30. The lowest BCUT2D eigenvalue weighted by atomic mass is 10.1. The van der Waals surface area contributed by atoms with Crippen LogP contribution in [-0.2, 0) is 16.1 Å². The first-order valence-electron chi connectivity index (χ1n) is 9.33. The number of para-hydroxylation sites is 1. The Morgan fingerprint density at radius 2 is 1.96 bits per heavy atom. The van der Waals surface area contributed by atoms with Crippen LogP contribution in [0, 0.1) is 5.92 Å². The molecule has 1 N–H and O–H groups in total. The van der Waals surface area contributed by atoms with E-state index in [0.717, 1.165) is 19.4 Å². The van der Waals surface area contributed by atoms with Crippen LogP contribution in [0.4, 0.5) is 0 Å². The topological polar surface area (TPSA) is 54.3 Å². The van der Waals surface area contributed by atoms with E-state index in [9.17, 15) is 9.59 Å². The Morgan fingerprint density at radius 1 is 1.16 bits per heavy atom. The van der Waals surface area contributed by atoms with Crippen LogP contribution in [0.2, 0.25) is 0 Å². The van der Waals surface area contributed by atoms with Gasteiger partial charge in [0.1, 0.15) is 0 Å². The van der Waals surface area contributed by atoms with Crippen LogP contribution >= 0.6 is 0 Å². The zero-order valence-corrected chi connectivity index (χ0v) is 14.5. The van der Waals surface area contributed by atoms with Gasteiger partial charge in [-0.15, -0.1) is 0 Å². The number of aromatic nitrogens is 1. The molecule has 5 nitrogen and oxygen atoms in total. The second kappa shape index (κ2) is 6.90. The van der Waals surface area contributed by atoms with E-state index in [1.807, 2.05) is 17.0 Å². The summed E-state index contributed by atoms with van der Waals surface area (Å²) in [6.07, 6.45) is 7.03. The highest BCUT2D eigenvalue weighted by Gasteiger charge is 2.38. The summed E-state index contributed by atoms with van der Waals surface area (Å²) in [7, 11) is 0. The molecule has 2 amide bonds. The lowest BCUT2D eigenvalue weighted by Gasteiger charge is -2.23. The fraction of sp³-hybridized carbons (Fsp3) is 0.500. The number of carbonyl (C=O) groups excluding carboxylic acids is 2. The maximum Gasteiger partial charge on any atom is 0.225 e. The molecule has 0 spiro atoms. The number of fused-ring (bicyclic) bond motifs is 1. The van der Waals surface area contributed by atoms with E-state index in [2.05, 4.69) is 34.3 Å². The molecule has 0 radical (unpaired) electrons. The van der Waals surface area contributed by atoms with E-state index in [1.165, 1.54) is 23.7 Å². The van der Waals surface area contributed by atoms with Gasteiger partial charge in [0, 0.05) is 43.8 Å². The summed E-state index contributed by atoms with van der Waals surface area (Å²) in [5, 5.41) is 4.23. The van der Waals surface area contributed by atoms with Crippen molar-refractivity contribution in [3.05, 3.63) is 36.5 Å². The van der Waals surface area contributed by atoms with Crippen molar-refractivity contribution in [3.63, 3.8) is 0 Å². The zero-order valence-electron chi connectivity index (χ0n) is 14.5. The molecule has 1 atom stereocenters. The second-order valence-electron chi connectivity index (χ2n) is 7.24. The van der Waals surface area contributed by atoms with Crippen LogP contribution in [0.1, 0.15) is 32.1 Å². The lowest BCUT2D eigenvalue weighted by Crippen LogP contribution is -2.37. The second-order valence-corrected chi connectivity index (χ2v) is 7.24. The molecule has 1 aliphatic carbocycles. The number of rotatable bonds is 5. The quantitative estimate of drug-likeness (QED) is 0.910. The van der Waals surface area contributed by atoms with Crippen LogP contribution < -0.4 is 5.32 Å². The SMILES string of the molecule is O=C(NCCn1ccc2ccccc21)[C@@H]1CC(=O)N(C2CCCC2)C1. The minimum atomic E-state index is -0.186. The van der Waals surface area contributed by atoms with Crippen molar-refractivity contribution in [2.75, 3.05) is 13.1 Å². The van der Waals surface area contributed by atoms with Crippen molar-refractivity contribution >= 4 is 22.7 Å². The van der Waals surface area contributed by atoms with Gasteiger partial charge in [0.05, 0.1) is 5.92 Å².